The third kappa shape index (κ3) is 3.64. The van der Waals surface area contributed by atoms with Gasteiger partial charge < -0.3 is 4.74 Å². The van der Waals surface area contributed by atoms with E-state index in [0.717, 1.165) is 0 Å². The van der Waals surface area contributed by atoms with Gasteiger partial charge in [-0.15, -0.1) is 0 Å². The Morgan fingerprint density at radius 3 is 2.43 bits per heavy atom. The molecule has 0 aliphatic heterocycles. The number of hydrazine groups is 2. The van der Waals surface area contributed by atoms with Gasteiger partial charge in [-0.05, 0) is 0 Å². The quantitative estimate of drug-likeness (QED) is 0.187. The van der Waals surface area contributed by atoms with Crippen LogP contribution in [0.2, 0.25) is 0 Å². The SMILES string of the molecule is COC(N)NNN. The third-order valence-corrected chi connectivity index (χ3v) is 0.480. The molecule has 0 aliphatic rings. The molecule has 0 aromatic rings. The minimum absolute atomic E-state index is 0.537. The molecule has 1 atom stereocenters. The highest BCUT2D eigenvalue weighted by atomic mass is 16.5. The molecule has 0 aliphatic carbocycles. The van der Waals surface area contributed by atoms with Crippen LogP contribution < -0.4 is 22.5 Å². The van der Waals surface area contributed by atoms with E-state index in [-0.39, 0.29) is 0 Å². The van der Waals surface area contributed by atoms with E-state index in [2.05, 4.69) is 15.7 Å². The number of nitrogens with one attached hydrogen (secondary N) is 2. The van der Waals surface area contributed by atoms with Gasteiger partial charge in [-0.2, -0.15) is 5.53 Å². The van der Waals surface area contributed by atoms with Crippen LogP contribution in [0.15, 0.2) is 0 Å². The number of rotatable bonds is 3. The maximum atomic E-state index is 5.11. The average Bonchev–Trinajstić information content (AvgIpc) is 1.68. The first-order valence-corrected chi connectivity index (χ1v) is 1.80. The topological polar surface area (TPSA) is 85.3 Å². The normalized spacial score (nSPS) is 14.1. The highest BCUT2D eigenvalue weighted by Crippen LogP contribution is 1.62. The summed E-state index contributed by atoms with van der Waals surface area (Å²) in [6.07, 6.45) is -0.537. The van der Waals surface area contributed by atoms with Crippen LogP contribution >= 0.6 is 0 Å². The number of ether oxygens (including phenoxy) is 1. The molecule has 5 nitrogen and oxygen atoms in total. The van der Waals surface area contributed by atoms with Gasteiger partial charge in [0, 0.05) is 7.11 Å². The molecule has 0 aromatic carbocycles. The summed E-state index contributed by atoms with van der Waals surface area (Å²) in [5, 5.41) is 0. The minimum atomic E-state index is -0.537. The first-order valence-electron chi connectivity index (χ1n) is 1.80. The second-order valence-corrected chi connectivity index (χ2v) is 0.945. The fraction of sp³-hybridized carbons (Fsp3) is 1.00. The van der Waals surface area contributed by atoms with E-state index < -0.39 is 6.35 Å². The van der Waals surface area contributed by atoms with Crippen LogP contribution in [0.4, 0.5) is 0 Å². The van der Waals surface area contributed by atoms with E-state index in [1.807, 2.05) is 0 Å². The fourth-order valence-electron chi connectivity index (χ4n) is 0.141. The zero-order valence-corrected chi connectivity index (χ0v) is 4.14. The van der Waals surface area contributed by atoms with Gasteiger partial charge in [0.2, 0.25) is 0 Å². The Morgan fingerprint density at radius 2 is 2.29 bits per heavy atom. The molecule has 5 heteroatoms. The summed E-state index contributed by atoms with van der Waals surface area (Å²) < 4.78 is 4.51. The number of methoxy groups -OCH3 is 1. The van der Waals surface area contributed by atoms with E-state index in [1.165, 1.54) is 7.11 Å². The van der Waals surface area contributed by atoms with Crippen molar-refractivity contribution in [2.24, 2.45) is 11.6 Å². The van der Waals surface area contributed by atoms with Gasteiger partial charge in [-0.3, -0.25) is 11.6 Å². The highest BCUT2D eigenvalue weighted by molar-refractivity contribution is 4.29. The van der Waals surface area contributed by atoms with Crippen molar-refractivity contribution in [3.8, 4) is 0 Å². The molecule has 0 radical (unpaired) electrons. The molecule has 0 spiro atoms. The van der Waals surface area contributed by atoms with E-state index in [0.29, 0.717) is 0 Å². The largest absolute Gasteiger partial charge is 0.352 e. The van der Waals surface area contributed by atoms with Crippen LogP contribution in [-0.2, 0) is 4.74 Å². The van der Waals surface area contributed by atoms with Gasteiger partial charge in [-0.25, -0.2) is 5.43 Å². The van der Waals surface area contributed by atoms with Crippen molar-refractivity contribution in [3.63, 3.8) is 0 Å². The van der Waals surface area contributed by atoms with Crippen molar-refractivity contribution in [2.75, 3.05) is 7.11 Å². The molecule has 1 unspecified atom stereocenters. The second kappa shape index (κ2) is 3.97. The predicted octanol–water partition coefficient (Wildman–Crippen LogP) is -2.16. The Labute approximate surface area is 41.9 Å². The van der Waals surface area contributed by atoms with Crippen molar-refractivity contribution < 1.29 is 4.74 Å². The lowest BCUT2D eigenvalue weighted by molar-refractivity contribution is 0.0664. The molecule has 7 heavy (non-hydrogen) atoms. The van der Waals surface area contributed by atoms with Crippen molar-refractivity contribution in [2.45, 2.75) is 6.35 Å². The molecule has 0 aromatic heterocycles. The van der Waals surface area contributed by atoms with E-state index in [4.69, 9.17) is 11.6 Å². The lowest BCUT2D eigenvalue weighted by atomic mass is 11.0. The first-order chi connectivity index (χ1) is 3.31. The van der Waals surface area contributed by atoms with Gasteiger partial charge >= 0.3 is 0 Å². The molecule has 0 fully saturated rings. The van der Waals surface area contributed by atoms with Crippen molar-refractivity contribution >= 4 is 0 Å². The lowest BCUT2D eigenvalue weighted by Crippen LogP contribution is -2.50. The van der Waals surface area contributed by atoms with Crippen molar-refractivity contribution in [3.05, 3.63) is 0 Å². The van der Waals surface area contributed by atoms with E-state index in [9.17, 15) is 0 Å². The predicted molar refractivity (Wildman–Crippen MR) is 25.4 cm³/mol. The Balaban J connectivity index is 2.83. The Bertz CT molecular complexity index is 40.7. The number of hydrogen-bond acceptors (Lipinski definition) is 5. The summed E-state index contributed by atoms with van der Waals surface area (Å²) in [5.74, 6) is 4.78. The lowest BCUT2D eigenvalue weighted by Gasteiger charge is -2.08. The van der Waals surface area contributed by atoms with Gasteiger partial charge in [0.05, 0.1) is 0 Å². The van der Waals surface area contributed by atoms with Crippen LogP contribution in [0.25, 0.3) is 0 Å². The fourth-order valence-corrected chi connectivity index (χ4v) is 0.141. The van der Waals surface area contributed by atoms with Gasteiger partial charge in [-0.1, -0.05) is 0 Å². The van der Waals surface area contributed by atoms with Crippen LogP contribution in [0, 0.1) is 0 Å². The smallest absolute Gasteiger partial charge is 0.174 e. The van der Waals surface area contributed by atoms with Gasteiger partial charge in [0.15, 0.2) is 6.35 Å². The molecule has 44 valence electrons. The third-order valence-electron chi connectivity index (χ3n) is 0.480. The molecular weight excluding hydrogens is 96.0 g/mol. The summed E-state index contributed by atoms with van der Waals surface area (Å²) in [5.41, 5.74) is 9.60. The van der Waals surface area contributed by atoms with E-state index >= 15 is 0 Å². The molecule has 0 amide bonds. The summed E-state index contributed by atoms with van der Waals surface area (Å²) in [7, 11) is 1.47. The zero-order valence-electron chi connectivity index (χ0n) is 4.14. The maximum Gasteiger partial charge on any atom is 0.174 e. The summed E-state index contributed by atoms with van der Waals surface area (Å²) in [6.45, 7) is 0. The Hall–Kier alpha value is -0.200. The molecular formula is C2H10N4O. The molecule has 0 saturated heterocycles. The number of hydrogen-bond donors (Lipinski definition) is 4. The van der Waals surface area contributed by atoms with Crippen LogP contribution in [0.1, 0.15) is 0 Å². The first kappa shape index (κ1) is 6.80. The van der Waals surface area contributed by atoms with Gasteiger partial charge in [0.25, 0.3) is 0 Å². The molecule has 0 rings (SSSR count). The van der Waals surface area contributed by atoms with Gasteiger partial charge in [0.1, 0.15) is 0 Å². The monoisotopic (exact) mass is 106 g/mol. The highest BCUT2D eigenvalue weighted by Gasteiger charge is 1.90. The van der Waals surface area contributed by atoms with Crippen molar-refractivity contribution in [1.29, 1.82) is 0 Å². The Morgan fingerprint density at radius 1 is 1.71 bits per heavy atom. The molecule has 0 heterocycles. The second-order valence-electron chi connectivity index (χ2n) is 0.945. The molecule has 0 bridgehead atoms. The molecule has 0 saturated carbocycles. The summed E-state index contributed by atoms with van der Waals surface area (Å²) in [4.78, 5) is 0. The average molecular weight is 106 g/mol. The summed E-state index contributed by atoms with van der Waals surface area (Å²) >= 11 is 0. The summed E-state index contributed by atoms with van der Waals surface area (Å²) in [6, 6.07) is 0. The van der Waals surface area contributed by atoms with Crippen LogP contribution in [-0.4, -0.2) is 13.5 Å². The minimum Gasteiger partial charge on any atom is -0.352 e. The number of nitrogens with two attached hydrogens (primary N) is 2. The van der Waals surface area contributed by atoms with Crippen LogP contribution in [0.3, 0.4) is 0 Å². The van der Waals surface area contributed by atoms with Crippen molar-refractivity contribution in [1.82, 2.24) is 11.0 Å². The zero-order chi connectivity index (χ0) is 5.70. The maximum absolute atomic E-state index is 5.11. The molecule has 6 N–H and O–H groups in total. The standard InChI is InChI=1S/C2H10N4O/c1-7-2(3)5-6-4/h2,5-6H,3-4H2,1H3. The van der Waals surface area contributed by atoms with E-state index in [1.54, 1.807) is 0 Å². The Kier molecular flexibility index (Phi) is 3.86. The van der Waals surface area contributed by atoms with Crippen LogP contribution in [0.5, 0.6) is 0 Å².